The van der Waals surface area contributed by atoms with Gasteiger partial charge in [-0.25, -0.2) is 0 Å². The Morgan fingerprint density at radius 3 is 3.08 bits per heavy atom. The van der Waals surface area contributed by atoms with Crippen LogP contribution >= 0.6 is 0 Å². The number of carbonyl (C=O) groups is 1. The first-order chi connectivity index (χ1) is 11.7. The van der Waals surface area contributed by atoms with Gasteiger partial charge in [-0.3, -0.25) is 14.4 Å². The van der Waals surface area contributed by atoms with E-state index in [1.807, 2.05) is 24.1 Å². The van der Waals surface area contributed by atoms with Gasteiger partial charge in [0.05, 0.1) is 17.4 Å². The van der Waals surface area contributed by atoms with Gasteiger partial charge in [0.1, 0.15) is 5.76 Å². The second-order valence-electron chi connectivity index (χ2n) is 6.79. The van der Waals surface area contributed by atoms with Gasteiger partial charge in [0, 0.05) is 51.4 Å². The number of aryl methyl sites for hydroxylation is 1. The molecule has 1 amide bonds. The first kappa shape index (κ1) is 15.4. The van der Waals surface area contributed by atoms with E-state index in [0.29, 0.717) is 18.4 Å². The van der Waals surface area contributed by atoms with Crippen LogP contribution in [0.25, 0.3) is 0 Å². The zero-order chi connectivity index (χ0) is 16.5. The largest absolute Gasteiger partial charge is 0.361 e. The average molecular weight is 329 g/mol. The van der Waals surface area contributed by atoms with Crippen LogP contribution in [0.2, 0.25) is 0 Å². The monoisotopic (exact) mass is 329 g/mol. The molecular weight excluding hydrogens is 306 g/mol. The molecule has 0 aliphatic carbocycles. The van der Waals surface area contributed by atoms with Gasteiger partial charge < -0.3 is 9.42 Å². The summed E-state index contributed by atoms with van der Waals surface area (Å²) in [5.41, 5.74) is 2.19. The van der Waals surface area contributed by atoms with Crippen molar-refractivity contribution >= 4 is 5.91 Å². The lowest BCUT2D eigenvalue weighted by molar-refractivity contribution is -0.127. The molecule has 0 bridgehead atoms. The molecule has 4 rings (SSSR count). The maximum atomic E-state index is 11.8. The summed E-state index contributed by atoms with van der Waals surface area (Å²) in [6, 6.07) is 4.36. The second-order valence-corrected chi connectivity index (χ2v) is 6.79. The topological polar surface area (TPSA) is 67.4 Å². The number of amides is 1. The molecule has 2 aliphatic rings. The zero-order valence-corrected chi connectivity index (χ0v) is 14.0. The standard InChI is InChI=1S/C17H23N5O2/c1-13-9-14(19-24-13)10-20-11-15-4-6-18-22(15)16(12-20)5-8-21-7-2-3-17(21)23/h4,6,9,16H,2-3,5,7-8,10-12H2,1H3/t16-/m1/s1. The summed E-state index contributed by atoms with van der Waals surface area (Å²) in [6.45, 7) is 6.20. The Kier molecular flexibility index (Phi) is 4.10. The van der Waals surface area contributed by atoms with E-state index in [1.54, 1.807) is 0 Å². The van der Waals surface area contributed by atoms with Crippen molar-refractivity contribution in [2.75, 3.05) is 19.6 Å². The van der Waals surface area contributed by atoms with Crippen molar-refractivity contribution in [1.82, 2.24) is 24.7 Å². The number of hydrogen-bond acceptors (Lipinski definition) is 5. The predicted molar refractivity (Wildman–Crippen MR) is 87.0 cm³/mol. The lowest BCUT2D eigenvalue weighted by Gasteiger charge is -2.34. The van der Waals surface area contributed by atoms with Crippen LogP contribution in [0, 0.1) is 6.92 Å². The summed E-state index contributed by atoms with van der Waals surface area (Å²) in [6.07, 6.45) is 4.51. The van der Waals surface area contributed by atoms with Crippen LogP contribution < -0.4 is 0 Å². The number of hydrogen-bond donors (Lipinski definition) is 0. The Hall–Kier alpha value is -2.15. The van der Waals surface area contributed by atoms with Crippen LogP contribution in [0.4, 0.5) is 0 Å². The Bertz CT molecular complexity index is 722. The average Bonchev–Trinajstić information content (AvgIpc) is 3.27. The summed E-state index contributed by atoms with van der Waals surface area (Å²) in [5.74, 6) is 1.14. The smallest absolute Gasteiger partial charge is 0.222 e. The Balaban J connectivity index is 1.43. The fourth-order valence-corrected chi connectivity index (χ4v) is 3.77. The SMILES string of the molecule is Cc1cc(CN2Cc3ccnn3[C@H](CCN3CCCC3=O)C2)no1. The van der Waals surface area contributed by atoms with Gasteiger partial charge in [-0.05, 0) is 25.8 Å². The fourth-order valence-electron chi connectivity index (χ4n) is 3.77. The van der Waals surface area contributed by atoms with E-state index in [-0.39, 0.29) is 0 Å². The van der Waals surface area contributed by atoms with E-state index in [2.05, 4.69) is 25.9 Å². The summed E-state index contributed by atoms with van der Waals surface area (Å²) in [5, 5.41) is 8.61. The number of fused-ring (bicyclic) bond motifs is 1. The van der Waals surface area contributed by atoms with Crippen molar-refractivity contribution in [2.24, 2.45) is 0 Å². The lowest BCUT2D eigenvalue weighted by Crippen LogP contribution is -2.39. The highest BCUT2D eigenvalue weighted by Crippen LogP contribution is 2.25. The van der Waals surface area contributed by atoms with Gasteiger partial charge in [0.2, 0.25) is 5.91 Å². The van der Waals surface area contributed by atoms with Crippen molar-refractivity contribution in [2.45, 2.75) is 45.3 Å². The lowest BCUT2D eigenvalue weighted by atomic mass is 10.1. The molecule has 1 atom stereocenters. The van der Waals surface area contributed by atoms with Gasteiger partial charge in [0.25, 0.3) is 0 Å². The van der Waals surface area contributed by atoms with Crippen molar-refractivity contribution in [1.29, 1.82) is 0 Å². The van der Waals surface area contributed by atoms with Crippen LogP contribution in [-0.2, 0) is 17.9 Å². The van der Waals surface area contributed by atoms with E-state index in [4.69, 9.17) is 4.52 Å². The molecule has 0 N–H and O–H groups in total. The summed E-state index contributed by atoms with van der Waals surface area (Å²) < 4.78 is 7.31. The normalized spacial score (nSPS) is 21.5. The highest BCUT2D eigenvalue weighted by molar-refractivity contribution is 5.77. The zero-order valence-electron chi connectivity index (χ0n) is 14.0. The van der Waals surface area contributed by atoms with E-state index >= 15 is 0 Å². The third-order valence-electron chi connectivity index (χ3n) is 4.92. The molecule has 24 heavy (non-hydrogen) atoms. The molecule has 7 heteroatoms. The molecule has 7 nitrogen and oxygen atoms in total. The van der Waals surface area contributed by atoms with Crippen LogP contribution in [0.5, 0.6) is 0 Å². The first-order valence-corrected chi connectivity index (χ1v) is 8.64. The number of rotatable bonds is 5. The van der Waals surface area contributed by atoms with Crippen molar-refractivity contribution in [3.05, 3.63) is 35.5 Å². The number of aromatic nitrogens is 3. The molecule has 0 radical (unpaired) electrons. The molecule has 0 saturated carbocycles. The Morgan fingerprint density at radius 2 is 2.33 bits per heavy atom. The molecule has 0 spiro atoms. The van der Waals surface area contributed by atoms with Gasteiger partial charge in [-0.1, -0.05) is 5.16 Å². The Labute approximate surface area is 141 Å². The first-order valence-electron chi connectivity index (χ1n) is 8.64. The molecule has 128 valence electrons. The van der Waals surface area contributed by atoms with E-state index in [9.17, 15) is 4.79 Å². The minimum atomic E-state index is 0.293. The van der Waals surface area contributed by atoms with Crippen molar-refractivity contribution in [3.63, 3.8) is 0 Å². The molecule has 2 aromatic heterocycles. The molecule has 0 aromatic carbocycles. The van der Waals surface area contributed by atoms with Gasteiger partial charge in [0.15, 0.2) is 0 Å². The highest BCUT2D eigenvalue weighted by atomic mass is 16.5. The minimum absolute atomic E-state index is 0.293. The van der Waals surface area contributed by atoms with Crippen molar-refractivity contribution < 1.29 is 9.32 Å². The maximum Gasteiger partial charge on any atom is 0.222 e. The van der Waals surface area contributed by atoms with Crippen LogP contribution in [0.15, 0.2) is 22.9 Å². The van der Waals surface area contributed by atoms with Crippen LogP contribution in [-0.4, -0.2) is 50.3 Å². The minimum Gasteiger partial charge on any atom is -0.361 e. The van der Waals surface area contributed by atoms with Crippen LogP contribution in [0.3, 0.4) is 0 Å². The molecule has 0 unspecified atom stereocenters. The molecule has 1 saturated heterocycles. The van der Waals surface area contributed by atoms with Gasteiger partial charge in [-0.2, -0.15) is 5.10 Å². The third kappa shape index (κ3) is 3.08. The Morgan fingerprint density at radius 1 is 1.42 bits per heavy atom. The maximum absolute atomic E-state index is 11.8. The summed E-state index contributed by atoms with van der Waals surface area (Å²) in [7, 11) is 0. The number of carbonyl (C=O) groups excluding carboxylic acids is 1. The van der Waals surface area contributed by atoms with E-state index in [0.717, 1.165) is 57.0 Å². The number of likely N-dealkylation sites (tertiary alicyclic amines) is 1. The van der Waals surface area contributed by atoms with Crippen molar-refractivity contribution in [3.8, 4) is 0 Å². The molecule has 1 fully saturated rings. The molecule has 2 aliphatic heterocycles. The quantitative estimate of drug-likeness (QED) is 0.836. The van der Waals surface area contributed by atoms with E-state index in [1.165, 1.54) is 5.69 Å². The molecule has 2 aromatic rings. The molecule has 4 heterocycles. The predicted octanol–water partition coefficient (Wildman–Crippen LogP) is 1.75. The summed E-state index contributed by atoms with van der Waals surface area (Å²) in [4.78, 5) is 16.2. The van der Waals surface area contributed by atoms with Gasteiger partial charge >= 0.3 is 0 Å². The van der Waals surface area contributed by atoms with E-state index < -0.39 is 0 Å². The second kappa shape index (κ2) is 6.39. The molecular formula is C17H23N5O2. The summed E-state index contributed by atoms with van der Waals surface area (Å²) >= 11 is 0. The van der Waals surface area contributed by atoms with Crippen LogP contribution in [0.1, 0.15) is 42.5 Å². The van der Waals surface area contributed by atoms with Gasteiger partial charge in [-0.15, -0.1) is 0 Å². The highest BCUT2D eigenvalue weighted by Gasteiger charge is 2.28. The third-order valence-corrected chi connectivity index (χ3v) is 4.92. The fraction of sp³-hybridized carbons (Fsp3) is 0.588. The number of nitrogens with zero attached hydrogens (tertiary/aromatic N) is 5.